The van der Waals surface area contributed by atoms with Crippen LogP contribution >= 0.6 is 11.8 Å². The first-order valence-corrected chi connectivity index (χ1v) is 13.0. The summed E-state index contributed by atoms with van der Waals surface area (Å²) < 4.78 is 12.3. The Kier molecular flexibility index (Phi) is 10.4. The van der Waals surface area contributed by atoms with Crippen molar-refractivity contribution in [3.63, 3.8) is 0 Å². The summed E-state index contributed by atoms with van der Waals surface area (Å²) in [6.45, 7) is 8.85. The zero-order valence-electron chi connectivity index (χ0n) is 15.6. The average molecular weight is 381 g/mol. The summed E-state index contributed by atoms with van der Waals surface area (Å²) in [4.78, 5) is 0. The van der Waals surface area contributed by atoms with E-state index in [0.29, 0.717) is 6.61 Å². The van der Waals surface area contributed by atoms with Gasteiger partial charge in [0.15, 0.2) is 8.32 Å². The lowest BCUT2D eigenvalue weighted by molar-refractivity contribution is -0.204. The minimum atomic E-state index is -1.83. The second kappa shape index (κ2) is 11.2. The molecule has 5 atom stereocenters. The molecule has 0 bridgehead atoms. The smallest absolute Gasteiger partial charge is 0.192 e. The van der Waals surface area contributed by atoms with E-state index in [2.05, 4.69) is 20.8 Å². The van der Waals surface area contributed by atoms with Crippen LogP contribution in [0.25, 0.3) is 0 Å². The highest BCUT2D eigenvalue weighted by molar-refractivity contribution is 7.99. The Morgan fingerprint density at radius 1 is 0.875 bits per heavy atom. The molecular weight excluding hydrogens is 344 g/mol. The fraction of sp³-hybridized carbons (Fsp3) is 1.00. The quantitative estimate of drug-likeness (QED) is 0.478. The van der Waals surface area contributed by atoms with Crippen molar-refractivity contribution < 1.29 is 24.5 Å². The SMILES string of the molecule is CCC[Si](CCC)(CCC)OCC1O[C@H](SCC)C(O)C(O)[C@@H]1O. The van der Waals surface area contributed by atoms with Crippen LogP contribution in [0.5, 0.6) is 0 Å². The van der Waals surface area contributed by atoms with Gasteiger partial charge in [-0.1, -0.05) is 47.0 Å². The first-order chi connectivity index (χ1) is 11.4. The van der Waals surface area contributed by atoms with Crippen molar-refractivity contribution in [2.45, 2.75) is 94.9 Å². The Bertz CT molecular complexity index is 330. The van der Waals surface area contributed by atoms with Gasteiger partial charge in [0.25, 0.3) is 0 Å². The monoisotopic (exact) mass is 380 g/mol. The van der Waals surface area contributed by atoms with Gasteiger partial charge >= 0.3 is 0 Å². The molecule has 7 heteroatoms. The van der Waals surface area contributed by atoms with E-state index in [-0.39, 0.29) is 0 Å². The van der Waals surface area contributed by atoms with Gasteiger partial charge in [-0.25, -0.2) is 0 Å². The van der Waals surface area contributed by atoms with Crippen LogP contribution in [0.3, 0.4) is 0 Å². The molecule has 1 rings (SSSR count). The molecule has 3 N–H and O–H groups in total. The molecule has 0 aromatic rings. The molecule has 0 aromatic carbocycles. The van der Waals surface area contributed by atoms with Gasteiger partial charge in [0.05, 0.1) is 6.61 Å². The van der Waals surface area contributed by atoms with Crippen LogP contribution < -0.4 is 0 Å². The largest absolute Gasteiger partial charge is 0.414 e. The summed E-state index contributed by atoms with van der Waals surface area (Å²) in [5.41, 5.74) is -0.512. The normalized spacial score (nSPS) is 31.4. The Morgan fingerprint density at radius 2 is 1.42 bits per heavy atom. The molecule has 1 saturated heterocycles. The van der Waals surface area contributed by atoms with E-state index in [4.69, 9.17) is 9.16 Å². The number of thioether (sulfide) groups is 1. The molecule has 3 unspecified atom stereocenters. The number of ether oxygens (including phenoxy) is 1. The van der Waals surface area contributed by atoms with E-state index in [9.17, 15) is 15.3 Å². The van der Waals surface area contributed by atoms with Crippen LogP contribution in [0.2, 0.25) is 18.1 Å². The molecule has 1 fully saturated rings. The van der Waals surface area contributed by atoms with Crippen molar-refractivity contribution in [1.29, 1.82) is 0 Å². The molecular formula is C17H36O5SSi. The number of hydrogen-bond acceptors (Lipinski definition) is 6. The Labute approximate surface area is 152 Å². The number of aliphatic hydroxyl groups is 3. The van der Waals surface area contributed by atoms with Gasteiger partial charge in [-0.3, -0.25) is 0 Å². The fourth-order valence-corrected chi connectivity index (χ4v) is 8.92. The summed E-state index contributed by atoms with van der Waals surface area (Å²) >= 11 is 1.45. The minimum absolute atomic E-state index is 0.304. The van der Waals surface area contributed by atoms with Gasteiger partial charge in [-0.15, -0.1) is 11.8 Å². The molecule has 0 aliphatic carbocycles. The fourth-order valence-electron chi connectivity index (χ4n) is 3.57. The molecule has 1 aliphatic heterocycles. The molecule has 0 aromatic heterocycles. The second-order valence-corrected chi connectivity index (χ2v) is 12.2. The zero-order valence-corrected chi connectivity index (χ0v) is 17.4. The Morgan fingerprint density at radius 3 is 1.88 bits per heavy atom. The highest BCUT2D eigenvalue weighted by Gasteiger charge is 2.44. The van der Waals surface area contributed by atoms with Crippen LogP contribution in [0.15, 0.2) is 0 Å². The van der Waals surface area contributed by atoms with E-state index in [1.165, 1.54) is 11.8 Å². The molecule has 5 nitrogen and oxygen atoms in total. The predicted octanol–water partition coefficient (Wildman–Crippen LogP) is 2.74. The third-order valence-corrected chi connectivity index (χ3v) is 10.7. The van der Waals surface area contributed by atoms with Crippen molar-refractivity contribution in [1.82, 2.24) is 0 Å². The third kappa shape index (κ3) is 5.97. The maximum absolute atomic E-state index is 10.3. The maximum atomic E-state index is 10.3. The minimum Gasteiger partial charge on any atom is -0.414 e. The molecule has 1 aliphatic rings. The van der Waals surface area contributed by atoms with Gasteiger partial charge in [-0.05, 0) is 23.9 Å². The van der Waals surface area contributed by atoms with E-state index in [1.807, 2.05) is 6.92 Å². The van der Waals surface area contributed by atoms with Crippen LogP contribution in [-0.2, 0) is 9.16 Å². The molecule has 0 saturated carbocycles. The summed E-state index contributed by atoms with van der Waals surface area (Å²) in [5, 5.41) is 30.4. The average Bonchev–Trinajstić information content (AvgIpc) is 2.55. The molecule has 144 valence electrons. The predicted molar refractivity (Wildman–Crippen MR) is 102 cm³/mol. The van der Waals surface area contributed by atoms with E-state index in [0.717, 1.165) is 43.1 Å². The van der Waals surface area contributed by atoms with Gasteiger partial charge in [-0.2, -0.15) is 0 Å². The van der Waals surface area contributed by atoms with Crippen LogP contribution in [-0.4, -0.2) is 65.8 Å². The molecule has 0 radical (unpaired) electrons. The van der Waals surface area contributed by atoms with E-state index < -0.39 is 38.2 Å². The highest BCUT2D eigenvalue weighted by atomic mass is 32.2. The number of hydrogen-bond donors (Lipinski definition) is 3. The van der Waals surface area contributed by atoms with Gasteiger partial charge in [0.2, 0.25) is 0 Å². The third-order valence-electron chi connectivity index (χ3n) is 4.67. The summed E-state index contributed by atoms with van der Waals surface area (Å²) in [5.74, 6) is 0.776. The topological polar surface area (TPSA) is 79.2 Å². The van der Waals surface area contributed by atoms with Crippen LogP contribution in [0.4, 0.5) is 0 Å². The number of rotatable bonds is 11. The van der Waals surface area contributed by atoms with E-state index in [1.54, 1.807) is 0 Å². The van der Waals surface area contributed by atoms with Crippen molar-refractivity contribution >= 4 is 20.1 Å². The van der Waals surface area contributed by atoms with Gasteiger partial charge in [0, 0.05) is 0 Å². The molecule has 0 amide bonds. The van der Waals surface area contributed by atoms with Crippen LogP contribution in [0.1, 0.15) is 47.0 Å². The number of aliphatic hydroxyl groups excluding tert-OH is 3. The van der Waals surface area contributed by atoms with Crippen molar-refractivity contribution in [3.05, 3.63) is 0 Å². The summed E-state index contributed by atoms with van der Waals surface area (Å²) in [6, 6.07) is 3.36. The van der Waals surface area contributed by atoms with E-state index >= 15 is 0 Å². The lowest BCUT2D eigenvalue weighted by Crippen LogP contribution is -2.58. The Balaban J connectivity index is 2.76. The standard InChI is InChI=1S/C17H36O5SSi/c1-5-9-24(10-6-2,11-7-3)21-12-13-14(18)15(19)16(20)17(22-13)23-8-4/h13-20H,5-12H2,1-4H3/t13?,14-,15?,16?,17-/m1/s1. The second-order valence-electron chi connectivity index (χ2n) is 6.71. The molecule has 0 spiro atoms. The summed E-state index contributed by atoms with van der Waals surface area (Å²) in [6.07, 6.45) is -0.613. The van der Waals surface area contributed by atoms with Gasteiger partial charge < -0.3 is 24.5 Å². The van der Waals surface area contributed by atoms with Gasteiger partial charge in [0.1, 0.15) is 29.9 Å². The molecule has 1 heterocycles. The van der Waals surface area contributed by atoms with Crippen molar-refractivity contribution in [3.8, 4) is 0 Å². The van der Waals surface area contributed by atoms with Crippen molar-refractivity contribution in [2.24, 2.45) is 0 Å². The van der Waals surface area contributed by atoms with Crippen LogP contribution in [0, 0.1) is 0 Å². The lowest BCUT2D eigenvalue weighted by Gasteiger charge is -2.42. The molecule has 24 heavy (non-hydrogen) atoms. The summed E-state index contributed by atoms with van der Waals surface area (Å²) in [7, 11) is -1.83. The zero-order chi connectivity index (χ0) is 18.2. The maximum Gasteiger partial charge on any atom is 0.192 e. The first-order valence-electron chi connectivity index (χ1n) is 9.39. The highest BCUT2D eigenvalue weighted by Crippen LogP contribution is 2.31. The van der Waals surface area contributed by atoms with Crippen molar-refractivity contribution in [2.75, 3.05) is 12.4 Å². The Hall–Kier alpha value is 0.367. The first kappa shape index (κ1) is 22.4. The lowest BCUT2D eigenvalue weighted by atomic mass is 10.0.